The van der Waals surface area contributed by atoms with E-state index in [0.29, 0.717) is 0 Å². The molecule has 0 spiro atoms. The van der Waals surface area contributed by atoms with Crippen LogP contribution in [0.3, 0.4) is 0 Å². The topological polar surface area (TPSA) is 112 Å². The SMILES string of the molecule is O=C(/C=C(\O)C(F)(F)F)C(F)(F)F.O=C(/C=C(\O)C(F)(F)F)C(F)(F)F.O=C(/C=C(\O)C(F)(F)F)C(F)(F)F.[Nd]. The van der Waals surface area contributed by atoms with Gasteiger partial charge in [0.1, 0.15) is 0 Å². The summed E-state index contributed by atoms with van der Waals surface area (Å²) in [5.41, 5.74) is 0. The summed E-state index contributed by atoms with van der Waals surface area (Å²) in [7, 11) is 0. The summed E-state index contributed by atoms with van der Waals surface area (Å²) in [6, 6.07) is 0. The number of aliphatic hydroxyl groups is 3. The van der Waals surface area contributed by atoms with E-state index in [1.165, 1.54) is 0 Å². The van der Waals surface area contributed by atoms with E-state index in [0.717, 1.165) is 0 Å². The van der Waals surface area contributed by atoms with Crippen LogP contribution in [0.15, 0.2) is 35.5 Å². The van der Waals surface area contributed by atoms with Crippen LogP contribution in [0.5, 0.6) is 0 Å². The number of carbonyl (C=O) groups is 3. The molecule has 0 aromatic carbocycles. The molecular weight excluding hydrogens is 762 g/mol. The van der Waals surface area contributed by atoms with E-state index in [-0.39, 0.29) is 40.8 Å². The van der Waals surface area contributed by atoms with Crippen LogP contribution in [0.1, 0.15) is 0 Å². The Kier molecular flexibility index (Phi) is 17.5. The van der Waals surface area contributed by atoms with Gasteiger partial charge in [-0.15, -0.1) is 0 Å². The summed E-state index contributed by atoms with van der Waals surface area (Å²) in [4.78, 5) is 29.6. The fraction of sp³-hybridized carbons (Fsp3) is 0.400. The van der Waals surface area contributed by atoms with Crippen molar-refractivity contribution in [3.63, 3.8) is 0 Å². The molecule has 0 saturated heterocycles. The Bertz CT molecular complexity index is 834. The number of halogens is 18. The number of hydrogen-bond acceptors (Lipinski definition) is 6. The number of allylic oxidation sites excluding steroid dienone is 6. The quantitative estimate of drug-likeness (QED) is 0.175. The van der Waals surface area contributed by atoms with Crippen molar-refractivity contribution in [1.82, 2.24) is 0 Å². The molecule has 0 aliphatic rings. The molecule has 25 heteroatoms. The van der Waals surface area contributed by atoms with Crippen molar-refractivity contribution in [3.8, 4) is 0 Å². The van der Waals surface area contributed by atoms with E-state index in [2.05, 4.69) is 0 Å². The van der Waals surface area contributed by atoms with E-state index >= 15 is 0 Å². The first kappa shape index (κ1) is 44.7. The second-order valence-corrected chi connectivity index (χ2v) is 5.67. The van der Waals surface area contributed by atoms with Crippen LogP contribution in [0.4, 0.5) is 79.0 Å². The molecule has 0 rings (SSSR count). The predicted octanol–water partition coefficient (Wildman–Crippen LogP) is 6.37. The largest absolute Gasteiger partial charge is 0.504 e. The first-order valence-corrected chi connectivity index (χ1v) is 7.92. The minimum Gasteiger partial charge on any atom is -0.504 e. The average molecular weight is 768 g/mol. The smallest absolute Gasteiger partial charge is 0.454 e. The molecule has 6 nitrogen and oxygen atoms in total. The van der Waals surface area contributed by atoms with Gasteiger partial charge in [0, 0.05) is 59.1 Å². The van der Waals surface area contributed by atoms with Crippen molar-refractivity contribution in [1.29, 1.82) is 0 Å². The van der Waals surface area contributed by atoms with Crippen molar-refractivity contribution in [2.75, 3.05) is 0 Å². The number of aliphatic hydroxyl groups excluding tert-OH is 3. The standard InChI is InChI=1S/3C5H2F6O2.Nd/c3*6-4(7,8)2(12)1-3(13)5(9,10)11;/h3*1,12H;/b3*2-1-;. The zero-order chi connectivity index (χ0) is 32.6. The Morgan fingerprint density at radius 3 is 0.550 bits per heavy atom. The number of ketones is 3. The third-order valence-corrected chi connectivity index (χ3v) is 2.51. The van der Waals surface area contributed by atoms with Crippen LogP contribution in [0, 0.1) is 40.8 Å². The Hall–Kier alpha value is -2.28. The molecule has 0 amide bonds. The third-order valence-electron chi connectivity index (χ3n) is 2.51. The summed E-state index contributed by atoms with van der Waals surface area (Å²) < 4.78 is 204. The van der Waals surface area contributed by atoms with Gasteiger partial charge < -0.3 is 15.3 Å². The molecule has 0 aromatic rings. The summed E-state index contributed by atoms with van der Waals surface area (Å²) in [6.07, 6.45) is -35.0. The molecule has 0 radical (unpaired) electrons. The predicted molar refractivity (Wildman–Crippen MR) is 83.5 cm³/mol. The molecule has 0 bridgehead atoms. The van der Waals surface area contributed by atoms with Crippen LogP contribution in [-0.2, 0) is 14.4 Å². The van der Waals surface area contributed by atoms with Crippen LogP contribution >= 0.6 is 0 Å². The van der Waals surface area contributed by atoms with Gasteiger partial charge in [-0.1, -0.05) is 0 Å². The van der Waals surface area contributed by atoms with Crippen molar-refractivity contribution in [2.24, 2.45) is 0 Å². The van der Waals surface area contributed by atoms with E-state index in [1.54, 1.807) is 0 Å². The Labute approximate surface area is 239 Å². The first-order chi connectivity index (χ1) is 16.6. The molecule has 0 unspecified atom stereocenters. The van der Waals surface area contributed by atoms with Gasteiger partial charge in [0.25, 0.3) is 17.3 Å². The van der Waals surface area contributed by atoms with E-state index in [1.807, 2.05) is 0 Å². The Balaban J connectivity index is -0.000000240. The molecule has 0 aromatic heterocycles. The minimum atomic E-state index is -5.42. The molecule has 0 aliphatic carbocycles. The average Bonchev–Trinajstić information content (AvgIpc) is 2.64. The fourth-order valence-electron chi connectivity index (χ4n) is 0.864. The number of carbonyl (C=O) groups excluding carboxylic acids is 3. The van der Waals surface area contributed by atoms with Crippen LogP contribution < -0.4 is 0 Å². The van der Waals surface area contributed by atoms with Crippen LogP contribution in [0.2, 0.25) is 0 Å². The molecule has 0 fully saturated rings. The molecule has 0 aliphatic heterocycles. The molecule has 232 valence electrons. The van der Waals surface area contributed by atoms with Crippen LogP contribution in [0.25, 0.3) is 0 Å². The fourth-order valence-corrected chi connectivity index (χ4v) is 0.864. The van der Waals surface area contributed by atoms with E-state index in [9.17, 15) is 93.4 Å². The molecular formula is C15H6F18NdO6. The second kappa shape index (κ2) is 15.6. The minimum absolute atomic E-state index is 0. The van der Waals surface area contributed by atoms with E-state index < -0.39 is 89.9 Å². The van der Waals surface area contributed by atoms with Gasteiger partial charge in [0.2, 0.25) is 17.3 Å². The van der Waals surface area contributed by atoms with Gasteiger partial charge in [-0.25, -0.2) is 0 Å². The molecule has 40 heavy (non-hydrogen) atoms. The molecule has 0 heterocycles. The summed E-state index contributed by atoms with van der Waals surface area (Å²) in [5.74, 6) is -16.0. The normalized spacial score (nSPS) is 14.1. The summed E-state index contributed by atoms with van der Waals surface area (Å²) in [5, 5.41) is 23.8. The molecule has 0 saturated carbocycles. The van der Waals surface area contributed by atoms with Crippen molar-refractivity contribution in [3.05, 3.63) is 35.5 Å². The second-order valence-electron chi connectivity index (χ2n) is 5.67. The maximum atomic E-state index is 11.4. The van der Waals surface area contributed by atoms with Gasteiger partial charge >= 0.3 is 37.1 Å². The van der Waals surface area contributed by atoms with Gasteiger partial charge in [0.05, 0.1) is 0 Å². The third kappa shape index (κ3) is 20.6. The van der Waals surface area contributed by atoms with Crippen molar-refractivity contribution in [2.45, 2.75) is 37.1 Å². The van der Waals surface area contributed by atoms with E-state index in [4.69, 9.17) is 15.3 Å². The van der Waals surface area contributed by atoms with Gasteiger partial charge in [0.15, 0.2) is 0 Å². The van der Waals surface area contributed by atoms with Crippen molar-refractivity contribution >= 4 is 17.3 Å². The summed E-state index contributed by atoms with van der Waals surface area (Å²) in [6.45, 7) is 0. The number of rotatable bonds is 3. The van der Waals surface area contributed by atoms with Gasteiger partial charge in [-0.2, -0.15) is 79.0 Å². The maximum absolute atomic E-state index is 11.4. The molecule has 0 atom stereocenters. The van der Waals surface area contributed by atoms with Crippen LogP contribution in [-0.4, -0.2) is 69.7 Å². The number of alkyl halides is 18. The number of hydrogen-bond donors (Lipinski definition) is 3. The zero-order valence-corrected chi connectivity index (χ0v) is 20.8. The van der Waals surface area contributed by atoms with Crippen molar-refractivity contribution < 1.29 is 150 Å². The monoisotopic (exact) mass is 766 g/mol. The molecule has 3 N–H and O–H groups in total. The maximum Gasteiger partial charge on any atom is 0.454 e. The Morgan fingerprint density at radius 1 is 0.350 bits per heavy atom. The first-order valence-electron chi connectivity index (χ1n) is 7.92. The van der Waals surface area contributed by atoms with Gasteiger partial charge in [-0.05, 0) is 0 Å². The Morgan fingerprint density at radius 2 is 0.475 bits per heavy atom. The zero-order valence-electron chi connectivity index (χ0n) is 17.6. The van der Waals surface area contributed by atoms with Gasteiger partial charge in [-0.3, -0.25) is 14.4 Å². The summed E-state index contributed by atoms with van der Waals surface area (Å²) >= 11 is 0.